The maximum atomic E-state index is 13.5. The van der Waals surface area contributed by atoms with Gasteiger partial charge >= 0.3 is 24.7 Å². The number of alkyl halides is 12. The average molecular weight is 415 g/mol. The molecule has 2 atom stereocenters. The van der Waals surface area contributed by atoms with E-state index in [-0.39, 0.29) is 0 Å². The van der Waals surface area contributed by atoms with Crippen molar-refractivity contribution in [1.29, 1.82) is 0 Å². The number of anilines is 1. The van der Waals surface area contributed by atoms with E-state index in [0.717, 1.165) is 18.2 Å². The monoisotopic (exact) mass is 415 g/mol. The summed E-state index contributed by atoms with van der Waals surface area (Å²) in [5, 5.41) is 0. The van der Waals surface area contributed by atoms with Crippen molar-refractivity contribution in [2.45, 2.75) is 35.8 Å². The van der Waals surface area contributed by atoms with Gasteiger partial charge in [0.2, 0.25) is 11.1 Å². The fraction of sp³-hybridized carbons (Fsp3) is 0.429. The van der Waals surface area contributed by atoms with Crippen molar-refractivity contribution in [2.75, 3.05) is 4.90 Å². The minimum atomic E-state index is -6.29. The molecule has 0 bridgehead atoms. The Labute approximate surface area is 141 Å². The fourth-order valence-corrected chi connectivity index (χ4v) is 3.85. The van der Waals surface area contributed by atoms with E-state index in [1.165, 1.54) is 0 Å². The van der Waals surface area contributed by atoms with Crippen LogP contribution in [0.4, 0.5) is 58.4 Å². The second-order valence-corrected chi connectivity index (χ2v) is 5.83. The summed E-state index contributed by atoms with van der Waals surface area (Å²) in [5.74, 6) is 0. The second-order valence-electron chi connectivity index (χ2n) is 5.83. The molecule has 150 valence electrons. The van der Waals surface area contributed by atoms with Gasteiger partial charge in [0.25, 0.3) is 0 Å². The highest BCUT2D eigenvalue weighted by Gasteiger charge is 3.07. The summed E-state index contributed by atoms with van der Waals surface area (Å²) in [4.78, 5) is -0.897. The van der Waals surface area contributed by atoms with Crippen LogP contribution >= 0.6 is 0 Å². The Balaban J connectivity index is 2.44. The highest BCUT2D eigenvalue weighted by atomic mass is 19.4. The number of benzene rings is 1. The molecule has 1 saturated heterocycles. The van der Waals surface area contributed by atoms with Gasteiger partial charge in [-0.2, -0.15) is 52.7 Å². The number of rotatable bonds is 1. The van der Waals surface area contributed by atoms with E-state index >= 15 is 0 Å². The molecule has 1 aromatic rings. The Morgan fingerprint density at radius 2 is 0.889 bits per heavy atom. The molecule has 1 nitrogen and oxygen atoms in total. The van der Waals surface area contributed by atoms with Crippen molar-refractivity contribution in [3.05, 3.63) is 41.5 Å². The number of hydrogen-bond acceptors (Lipinski definition) is 1. The van der Waals surface area contributed by atoms with E-state index in [1.54, 1.807) is 0 Å². The van der Waals surface area contributed by atoms with E-state index < -0.39 is 57.5 Å². The quantitative estimate of drug-likeness (QED) is 0.331. The Hall–Kier alpha value is -2.08. The first-order valence-corrected chi connectivity index (χ1v) is 6.85. The first kappa shape index (κ1) is 19.7. The summed E-state index contributed by atoms with van der Waals surface area (Å²) in [6, 6.07) is 4.05. The Kier molecular flexibility index (Phi) is 3.53. The summed E-state index contributed by atoms with van der Waals surface area (Å²) >= 11 is 0. The molecule has 1 aliphatic carbocycles. The molecule has 1 fully saturated rings. The van der Waals surface area contributed by atoms with Gasteiger partial charge in [0.05, 0.1) is 11.1 Å². The molecule has 27 heavy (non-hydrogen) atoms. The molecular weight excluding hydrogens is 410 g/mol. The third-order valence-corrected chi connectivity index (χ3v) is 4.52. The Bertz CT molecular complexity index is 749. The molecule has 1 aromatic carbocycles. The van der Waals surface area contributed by atoms with Gasteiger partial charge in [0.15, 0.2) is 0 Å². The summed E-state index contributed by atoms with van der Waals surface area (Å²) in [6.45, 7) is 0. The molecule has 1 heterocycles. The van der Waals surface area contributed by atoms with E-state index in [9.17, 15) is 52.7 Å². The number of nitrogens with zero attached hydrogens (tertiary/aromatic N) is 1. The van der Waals surface area contributed by atoms with Crippen LogP contribution in [0.25, 0.3) is 0 Å². The van der Waals surface area contributed by atoms with Crippen molar-refractivity contribution in [2.24, 2.45) is 0 Å². The smallest absolute Gasteiger partial charge is 0.330 e. The minimum Gasteiger partial charge on any atom is -0.330 e. The number of halogens is 12. The van der Waals surface area contributed by atoms with E-state index in [2.05, 4.69) is 0 Å². The highest BCUT2D eigenvalue weighted by Crippen LogP contribution is 2.83. The maximum Gasteiger partial charge on any atom is 0.419 e. The largest absolute Gasteiger partial charge is 0.419 e. The van der Waals surface area contributed by atoms with Crippen molar-refractivity contribution in [3.63, 3.8) is 0 Å². The van der Waals surface area contributed by atoms with Crippen LogP contribution in [0.15, 0.2) is 41.5 Å². The van der Waals surface area contributed by atoms with Crippen LogP contribution in [0.1, 0.15) is 0 Å². The van der Waals surface area contributed by atoms with Crippen molar-refractivity contribution >= 4 is 5.69 Å². The van der Waals surface area contributed by atoms with Gasteiger partial charge in [0.1, 0.15) is 0 Å². The van der Waals surface area contributed by atoms with E-state index in [0.29, 0.717) is 12.1 Å². The summed E-state index contributed by atoms with van der Waals surface area (Å²) in [5.41, 5.74) is -17.5. The topological polar surface area (TPSA) is 3.01 Å². The van der Waals surface area contributed by atoms with Crippen molar-refractivity contribution < 1.29 is 52.7 Å². The molecular formula is C14H5F12N. The lowest BCUT2D eigenvalue weighted by atomic mass is 9.66. The summed E-state index contributed by atoms with van der Waals surface area (Å²) in [7, 11) is 0. The van der Waals surface area contributed by atoms with E-state index in [4.69, 9.17) is 0 Å². The van der Waals surface area contributed by atoms with Gasteiger partial charge in [-0.1, -0.05) is 18.2 Å². The van der Waals surface area contributed by atoms with Crippen molar-refractivity contribution in [1.82, 2.24) is 0 Å². The van der Waals surface area contributed by atoms with Gasteiger partial charge in [-0.3, -0.25) is 0 Å². The van der Waals surface area contributed by atoms with Gasteiger partial charge in [-0.25, -0.2) is 0 Å². The first-order valence-electron chi connectivity index (χ1n) is 6.85. The van der Waals surface area contributed by atoms with E-state index in [1.807, 2.05) is 0 Å². The zero-order valence-electron chi connectivity index (χ0n) is 12.4. The number of para-hydroxylation sites is 1. The fourth-order valence-electron chi connectivity index (χ4n) is 3.85. The van der Waals surface area contributed by atoms with Crippen LogP contribution < -0.4 is 4.90 Å². The SMILES string of the molecule is FC(F)(F)C1=C(C(F)(F)F)[C@]2(C(F)(F)F)N(c3ccccc3)[C@]12C(F)(F)F. The van der Waals surface area contributed by atoms with Crippen LogP contribution in [-0.2, 0) is 0 Å². The molecule has 0 amide bonds. The molecule has 0 saturated carbocycles. The lowest BCUT2D eigenvalue weighted by Crippen LogP contribution is -2.62. The van der Waals surface area contributed by atoms with Crippen molar-refractivity contribution in [3.8, 4) is 0 Å². The lowest BCUT2D eigenvalue weighted by molar-refractivity contribution is -0.233. The molecule has 1 aliphatic heterocycles. The Morgan fingerprint density at radius 1 is 0.556 bits per heavy atom. The molecule has 0 N–H and O–H groups in total. The normalized spacial score (nSPS) is 28.8. The summed E-state index contributed by atoms with van der Waals surface area (Å²) in [6.07, 6.45) is -25.2. The standard InChI is InChI=1S/C14H5F12N/c15-11(16,17)7-8(12(18,19)20)10(14(24,25)26)9(7,13(21,22)23)27(10)6-4-2-1-3-5-6/h1-5H/t9-,10+,27?. The molecule has 0 spiro atoms. The highest BCUT2D eigenvalue weighted by molar-refractivity contribution is 5.87. The Morgan fingerprint density at radius 3 is 1.15 bits per heavy atom. The van der Waals surface area contributed by atoms with Crippen LogP contribution in [0.3, 0.4) is 0 Å². The molecule has 0 unspecified atom stereocenters. The molecule has 2 aliphatic rings. The van der Waals surface area contributed by atoms with Gasteiger partial charge in [-0.05, 0) is 12.1 Å². The predicted molar refractivity (Wildman–Crippen MR) is 65.6 cm³/mol. The van der Waals surface area contributed by atoms with Crippen LogP contribution in [0.2, 0.25) is 0 Å². The first-order chi connectivity index (χ1) is 12.0. The van der Waals surface area contributed by atoms with Gasteiger partial charge < -0.3 is 4.90 Å². The predicted octanol–water partition coefficient (Wildman–Crippen LogP) is 5.54. The van der Waals surface area contributed by atoms with Gasteiger partial charge in [-0.15, -0.1) is 0 Å². The zero-order valence-corrected chi connectivity index (χ0v) is 12.4. The molecule has 0 radical (unpaired) electrons. The van der Waals surface area contributed by atoms with Crippen LogP contribution in [0, 0.1) is 0 Å². The van der Waals surface area contributed by atoms with Crippen LogP contribution in [-0.4, -0.2) is 35.8 Å². The molecule has 0 aromatic heterocycles. The third-order valence-electron chi connectivity index (χ3n) is 4.52. The van der Waals surface area contributed by atoms with Gasteiger partial charge in [0, 0.05) is 5.69 Å². The maximum absolute atomic E-state index is 13.5. The minimum absolute atomic E-state index is 0.571. The third kappa shape index (κ3) is 2.05. The number of fused-ring (bicyclic) bond motifs is 1. The lowest BCUT2D eigenvalue weighted by Gasteiger charge is -2.39. The zero-order chi connectivity index (χ0) is 20.8. The van der Waals surface area contributed by atoms with Crippen LogP contribution in [0.5, 0.6) is 0 Å². The molecule has 3 rings (SSSR count). The number of hydrogen-bond donors (Lipinski definition) is 0. The average Bonchev–Trinajstić information content (AvgIpc) is 2.93. The second kappa shape index (κ2) is 4.85. The summed E-state index contributed by atoms with van der Waals surface area (Å²) < 4.78 is 160. The molecule has 13 heteroatoms.